The summed E-state index contributed by atoms with van der Waals surface area (Å²) in [4.78, 5) is 11.9. The van der Waals surface area contributed by atoms with E-state index in [0.29, 0.717) is 18.2 Å². The fourth-order valence-electron chi connectivity index (χ4n) is 2.11. The molecule has 2 rings (SSSR count). The van der Waals surface area contributed by atoms with E-state index in [1.165, 1.54) is 17.2 Å². The lowest BCUT2D eigenvalue weighted by atomic mass is 9.93. The van der Waals surface area contributed by atoms with Gasteiger partial charge in [-0.3, -0.25) is 4.79 Å². The predicted octanol–water partition coefficient (Wildman–Crippen LogP) is 1.03. The largest absolute Gasteiger partial charge is 0.381 e. The number of nitrogens with zero attached hydrogens (tertiary/aromatic N) is 2. The van der Waals surface area contributed by atoms with E-state index in [2.05, 4.69) is 10.4 Å². The highest BCUT2D eigenvalue weighted by molar-refractivity contribution is 7.91. The van der Waals surface area contributed by atoms with E-state index in [4.69, 9.17) is 0 Å². The average molecular weight is 299 g/mol. The average Bonchev–Trinajstić information content (AvgIpc) is 2.32. The smallest absolute Gasteiger partial charge is 0.268 e. The molecule has 0 bridgehead atoms. The summed E-state index contributed by atoms with van der Waals surface area (Å²) in [5, 5.41) is 7.28. The normalized spacial score (nSPS) is 15.8. The summed E-state index contributed by atoms with van der Waals surface area (Å²) in [6.07, 6.45) is 5.65. The molecule has 20 heavy (non-hydrogen) atoms. The molecule has 0 atom stereocenters. The van der Waals surface area contributed by atoms with Gasteiger partial charge >= 0.3 is 0 Å². The Kier molecular flexibility index (Phi) is 4.80. The Morgan fingerprint density at radius 1 is 1.40 bits per heavy atom. The molecule has 0 unspecified atom stereocenters. The van der Waals surface area contributed by atoms with E-state index in [1.54, 1.807) is 6.20 Å². The number of anilines is 1. The summed E-state index contributed by atoms with van der Waals surface area (Å²) in [7, 11) is -3.09. The number of aromatic nitrogens is 2. The van der Waals surface area contributed by atoms with Crippen LogP contribution in [-0.2, 0) is 16.4 Å². The minimum atomic E-state index is -3.09. The number of hydrogen-bond donors (Lipinski definition) is 1. The Labute approximate surface area is 119 Å². The van der Waals surface area contributed by atoms with E-state index < -0.39 is 9.84 Å². The van der Waals surface area contributed by atoms with Crippen molar-refractivity contribution >= 4 is 15.5 Å². The first kappa shape index (κ1) is 15.0. The molecule has 0 amide bonds. The van der Waals surface area contributed by atoms with Crippen LogP contribution in [0.5, 0.6) is 0 Å². The SMILES string of the molecule is CCCS(=O)(=O)CCn1ncc(NC2CCC2)cc1=O. The maximum atomic E-state index is 11.9. The Balaban J connectivity index is 1.97. The zero-order valence-electron chi connectivity index (χ0n) is 11.7. The molecular formula is C13H21N3O3S. The molecule has 0 spiro atoms. The maximum Gasteiger partial charge on any atom is 0.268 e. The van der Waals surface area contributed by atoms with Crippen molar-refractivity contribution in [2.24, 2.45) is 0 Å². The van der Waals surface area contributed by atoms with E-state index >= 15 is 0 Å². The fourth-order valence-corrected chi connectivity index (χ4v) is 3.38. The van der Waals surface area contributed by atoms with Crippen molar-refractivity contribution in [3.05, 3.63) is 22.6 Å². The molecule has 1 aliphatic carbocycles. The number of nitrogens with one attached hydrogen (secondary N) is 1. The molecule has 1 N–H and O–H groups in total. The molecule has 0 saturated heterocycles. The van der Waals surface area contributed by atoms with Crippen LogP contribution in [-0.4, -0.2) is 35.7 Å². The maximum absolute atomic E-state index is 11.9. The molecule has 7 heteroatoms. The predicted molar refractivity (Wildman–Crippen MR) is 78.7 cm³/mol. The lowest BCUT2D eigenvalue weighted by Gasteiger charge is -2.27. The molecule has 1 saturated carbocycles. The molecule has 0 aliphatic heterocycles. The highest BCUT2D eigenvalue weighted by atomic mass is 32.2. The molecule has 1 aromatic heterocycles. The first-order valence-electron chi connectivity index (χ1n) is 7.04. The van der Waals surface area contributed by atoms with Gasteiger partial charge in [0, 0.05) is 17.9 Å². The molecule has 1 heterocycles. The van der Waals surface area contributed by atoms with Gasteiger partial charge in [0.2, 0.25) is 0 Å². The van der Waals surface area contributed by atoms with Gasteiger partial charge in [-0.2, -0.15) is 5.10 Å². The van der Waals surface area contributed by atoms with E-state index in [0.717, 1.165) is 12.8 Å². The zero-order chi connectivity index (χ0) is 14.6. The molecular weight excluding hydrogens is 278 g/mol. The number of aryl methyl sites for hydroxylation is 1. The summed E-state index contributed by atoms with van der Waals surface area (Å²) in [5.74, 6) is 0.117. The third-order valence-electron chi connectivity index (χ3n) is 3.47. The van der Waals surface area contributed by atoms with Crippen LogP contribution in [0.25, 0.3) is 0 Å². The molecule has 112 valence electrons. The minimum absolute atomic E-state index is 0.0385. The first-order valence-corrected chi connectivity index (χ1v) is 8.86. The van der Waals surface area contributed by atoms with Crippen LogP contribution in [0, 0.1) is 0 Å². The summed E-state index contributed by atoms with van der Waals surface area (Å²) < 4.78 is 24.4. The van der Waals surface area contributed by atoms with Crippen molar-refractivity contribution in [1.29, 1.82) is 0 Å². The molecule has 1 aromatic rings. The highest BCUT2D eigenvalue weighted by Crippen LogP contribution is 2.21. The van der Waals surface area contributed by atoms with Gasteiger partial charge in [-0.05, 0) is 25.7 Å². The van der Waals surface area contributed by atoms with Gasteiger partial charge in [0.15, 0.2) is 9.84 Å². The quantitative estimate of drug-likeness (QED) is 0.813. The Hall–Kier alpha value is -1.37. The fraction of sp³-hybridized carbons (Fsp3) is 0.692. The second-order valence-electron chi connectivity index (χ2n) is 5.23. The van der Waals surface area contributed by atoms with Crippen LogP contribution in [0.15, 0.2) is 17.1 Å². The van der Waals surface area contributed by atoms with Crippen molar-refractivity contribution in [3.8, 4) is 0 Å². The van der Waals surface area contributed by atoms with Crippen LogP contribution in [0.2, 0.25) is 0 Å². The van der Waals surface area contributed by atoms with E-state index in [-0.39, 0.29) is 23.6 Å². The zero-order valence-corrected chi connectivity index (χ0v) is 12.5. The van der Waals surface area contributed by atoms with Gasteiger partial charge in [0.25, 0.3) is 5.56 Å². The van der Waals surface area contributed by atoms with Gasteiger partial charge < -0.3 is 5.32 Å². The van der Waals surface area contributed by atoms with Gasteiger partial charge in [-0.15, -0.1) is 0 Å². The summed E-state index contributed by atoms with van der Waals surface area (Å²) in [6.45, 7) is 1.94. The third-order valence-corrected chi connectivity index (χ3v) is 5.31. The number of sulfone groups is 1. The van der Waals surface area contributed by atoms with Crippen LogP contribution >= 0.6 is 0 Å². The molecule has 0 aromatic carbocycles. The molecule has 6 nitrogen and oxygen atoms in total. The van der Waals surface area contributed by atoms with Crippen molar-refractivity contribution in [1.82, 2.24) is 9.78 Å². The lowest BCUT2D eigenvalue weighted by molar-refractivity contribution is 0.445. The summed E-state index contributed by atoms with van der Waals surface area (Å²) in [6, 6.07) is 1.93. The summed E-state index contributed by atoms with van der Waals surface area (Å²) in [5.41, 5.74) is 0.452. The molecule has 1 aliphatic rings. The Bertz CT molecular complexity index is 606. The van der Waals surface area contributed by atoms with Crippen molar-refractivity contribution in [3.63, 3.8) is 0 Å². The highest BCUT2D eigenvalue weighted by Gasteiger charge is 2.17. The first-order chi connectivity index (χ1) is 9.50. The second-order valence-corrected chi connectivity index (χ2v) is 7.53. The Morgan fingerprint density at radius 3 is 2.70 bits per heavy atom. The standard InChI is InChI=1S/C13H21N3O3S/c1-2-7-20(18,19)8-6-16-13(17)9-12(10-14-16)15-11-4-3-5-11/h9-11,15H,2-8H2,1H3. The topological polar surface area (TPSA) is 81.1 Å². The number of hydrogen-bond acceptors (Lipinski definition) is 5. The van der Waals surface area contributed by atoms with Gasteiger partial charge in [-0.1, -0.05) is 6.92 Å². The van der Waals surface area contributed by atoms with Crippen LogP contribution in [0.1, 0.15) is 32.6 Å². The monoisotopic (exact) mass is 299 g/mol. The van der Waals surface area contributed by atoms with E-state index in [9.17, 15) is 13.2 Å². The van der Waals surface area contributed by atoms with Crippen LogP contribution in [0.3, 0.4) is 0 Å². The summed E-state index contributed by atoms with van der Waals surface area (Å²) >= 11 is 0. The number of rotatable bonds is 7. The van der Waals surface area contributed by atoms with Gasteiger partial charge in [0.05, 0.1) is 24.2 Å². The van der Waals surface area contributed by atoms with Crippen molar-refractivity contribution in [2.45, 2.75) is 45.2 Å². The van der Waals surface area contributed by atoms with Crippen LogP contribution in [0.4, 0.5) is 5.69 Å². The van der Waals surface area contributed by atoms with Crippen molar-refractivity contribution < 1.29 is 8.42 Å². The van der Waals surface area contributed by atoms with Crippen molar-refractivity contribution in [2.75, 3.05) is 16.8 Å². The van der Waals surface area contributed by atoms with E-state index in [1.807, 2.05) is 6.92 Å². The molecule has 1 fully saturated rings. The molecule has 0 radical (unpaired) electrons. The minimum Gasteiger partial charge on any atom is -0.381 e. The second kappa shape index (κ2) is 6.39. The Morgan fingerprint density at radius 2 is 2.15 bits per heavy atom. The van der Waals surface area contributed by atoms with Crippen LogP contribution < -0.4 is 10.9 Å². The van der Waals surface area contributed by atoms with Gasteiger partial charge in [-0.25, -0.2) is 13.1 Å². The third kappa shape index (κ3) is 4.06. The lowest BCUT2D eigenvalue weighted by Crippen LogP contribution is -2.30. The van der Waals surface area contributed by atoms with Gasteiger partial charge in [0.1, 0.15) is 0 Å².